The number of thiazole rings is 1. The zero-order chi connectivity index (χ0) is 26.1. The van der Waals surface area contributed by atoms with Crippen molar-refractivity contribution in [2.24, 2.45) is 17.3 Å². The highest BCUT2D eigenvalue weighted by atomic mass is 32.1. The largest absolute Gasteiger partial charge is 0.458 e. The van der Waals surface area contributed by atoms with Crippen molar-refractivity contribution in [3.05, 3.63) is 21.7 Å². The number of esters is 1. The lowest BCUT2D eigenvalue weighted by atomic mass is 9.73. The molecule has 2 aliphatic heterocycles. The molecule has 3 heterocycles. The summed E-state index contributed by atoms with van der Waals surface area (Å²) in [7, 11) is 0. The van der Waals surface area contributed by atoms with E-state index in [1.807, 2.05) is 32.2 Å². The molecule has 0 saturated carbocycles. The molecule has 0 bridgehead atoms. The van der Waals surface area contributed by atoms with Crippen LogP contribution in [0.15, 0.2) is 11.0 Å². The molecular formula is C27H41NO6S. The summed E-state index contributed by atoms with van der Waals surface area (Å²) in [6, 6.07) is 0. The second kappa shape index (κ2) is 10.8. The highest BCUT2D eigenvalue weighted by molar-refractivity contribution is 7.09. The number of hydrogen-bond donors (Lipinski definition) is 2. The summed E-state index contributed by atoms with van der Waals surface area (Å²) in [6.45, 7) is 12.8. The normalized spacial score (nSPS) is 37.5. The first kappa shape index (κ1) is 28.0. The van der Waals surface area contributed by atoms with Gasteiger partial charge in [-0.3, -0.25) is 9.59 Å². The van der Waals surface area contributed by atoms with E-state index in [0.29, 0.717) is 6.42 Å². The number of carbonyl (C=O) groups excluding carboxylic acids is 2. The molecule has 0 spiro atoms. The molecule has 0 unspecified atom stereocenters. The van der Waals surface area contributed by atoms with Gasteiger partial charge < -0.3 is 19.7 Å². The van der Waals surface area contributed by atoms with Crippen LogP contribution in [-0.4, -0.2) is 57.0 Å². The fourth-order valence-corrected chi connectivity index (χ4v) is 5.64. The first-order chi connectivity index (χ1) is 16.2. The standard InChI is InChI=1S/C27H41NO6S/c1-15-9-8-10-27(7)22(34-27)12-20(16(2)11-19-14-35-18(4)28-19)33-23(30)13-21(29)26(5,6)25(32)17(3)24(15)31/h11,14-15,17,20-22,24,29,31H,8-10,12-13H2,1-7H3/b16-11+/t15-,17+,20+,21-,22+,24+,27+/m1/s1. The molecule has 1 aromatic heterocycles. The lowest BCUT2D eigenvalue weighted by Gasteiger charge is -2.34. The highest BCUT2D eigenvalue weighted by Gasteiger charge is 2.53. The molecule has 2 aliphatic rings. The molecular weight excluding hydrogens is 466 g/mol. The van der Waals surface area contributed by atoms with Crippen molar-refractivity contribution in [1.82, 2.24) is 4.98 Å². The van der Waals surface area contributed by atoms with Crippen molar-refractivity contribution >= 4 is 29.2 Å². The first-order valence-electron chi connectivity index (χ1n) is 12.6. The van der Waals surface area contributed by atoms with Gasteiger partial charge in [0.15, 0.2) is 0 Å². The molecule has 1 aromatic rings. The molecule has 7 nitrogen and oxygen atoms in total. The molecule has 3 rings (SSSR count). The molecule has 35 heavy (non-hydrogen) atoms. The minimum absolute atomic E-state index is 0.0455. The van der Waals surface area contributed by atoms with Crippen LogP contribution in [0.25, 0.3) is 6.08 Å². The zero-order valence-corrected chi connectivity index (χ0v) is 22.9. The number of Topliss-reactive ketones (excluding diaryl/α,β-unsaturated/α-hetero) is 1. The maximum absolute atomic E-state index is 13.2. The van der Waals surface area contributed by atoms with Gasteiger partial charge in [0, 0.05) is 17.7 Å². The van der Waals surface area contributed by atoms with Crippen LogP contribution in [0.4, 0.5) is 0 Å². The quantitative estimate of drug-likeness (QED) is 0.449. The van der Waals surface area contributed by atoms with Crippen molar-refractivity contribution < 1.29 is 29.3 Å². The number of ether oxygens (including phenoxy) is 2. The van der Waals surface area contributed by atoms with Gasteiger partial charge in [-0.15, -0.1) is 11.3 Å². The van der Waals surface area contributed by atoms with Crippen LogP contribution in [0.3, 0.4) is 0 Å². The Labute approximate surface area is 212 Å². The fourth-order valence-electron chi connectivity index (χ4n) is 5.07. The van der Waals surface area contributed by atoms with E-state index >= 15 is 0 Å². The second-order valence-electron chi connectivity index (χ2n) is 11.3. The van der Waals surface area contributed by atoms with Gasteiger partial charge in [-0.25, -0.2) is 4.98 Å². The fraction of sp³-hybridized carbons (Fsp3) is 0.741. The Hall–Kier alpha value is -1.61. The van der Waals surface area contributed by atoms with E-state index in [0.717, 1.165) is 35.5 Å². The number of carbonyl (C=O) groups is 2. The Bertz CT molecular complexity index is 955. The molecule has 2 fully saturated rings. The van der Waals surface area contributed by atoms with E-state index in [2.05, 4.69) is 11.9 Å². The van der Waals surface area contributed by atoms with Gasteiger partial charge in [0.05, 0.1) is 46.5 Å². The second-order valence-corrected chi connectivity index (χ2v) is 12.3. The first-order valence-corrected chi connectivity index (χ1v) is 13.5. The Morgan fingerprint density at radius 3 is 2.54 bits per heavy atom. The van der Waals surface area contributed by atoms with Gasteiger partial charge in [0.25, 0.3) is 0 Å². The molecule has 8 heteroatoms. The molecule has 196 valence electrons. The van der Waals surface area contributed by atoms with E-state index < -0.39 is 35.6 Å². The van der Waals surface area contributed by atoms with Crippen molar-refractivity contribution in [2.75, 3.05) is 0 Å². The van der Waals surface area contributed by atoms with Gasteiger partial charge in [-0.2, -0.15) is 0 Å². The van der Waals surface area contributed by atoms with E-state index in [9.17, 15) is 19.8 Å². The predicted molar refractivity (Wildman–Crippen MR) is 136 cm³/mol. The molecule has 7 atom stereocenters. The molecule has 0 aliphatic carbocycles. The van der Waals surface area contributed by atoms with Crippen LogP contribution in [0.5, 0.6) is 0 Å². The summed E-state index contributed by atoms with van der Waals surface area (Å²) in [4.78, 5) is 30.6. The monoisotopic (exact) mass is 507 g/mol. The smallest absolute Gasteiger partial charge is 0.309 e. The number of nitrogens with zero attached hydrogens (tertiary/aromatic N) is 1. The molecule has 2 saturated heterocycles. The van der Waals surface area contributed by atoms with E-state index in [1.54, 1.807) is 32.1 Å². The van der Waals surface area contributed by atoms with E-state index in [4.69, 9.17) is 9.47 Å². The number of rotatable bonds is 2. The summed E-state index contributed by atoms with van der Waals surface area (Å²) in [5.41, 5.74) is 0.179. The average Bonchev–Trinajstić information content (AvgIpc) is 3.22. The number of aliphatic hydroxyl groups excluding tert-OH is 2. The molecule has 0 radical (unpaired) electrons. The number of aryl methyl sites for hydroxylation is 1. The number of epoxide rings is 1. The van der Waals surface area contributed by atoms with Crippen LogP contribution < -0.4 is 0 Å². The number of ketones is 1. The third-order valence-electron chi connectivity index (χ3n) is 7.93. The Kier molecular flexibility index (Phi) is 8.62. The summed E-state index contributed by atoms with van der Waals surface area (Å²) in [5, 5.41) is 24.6. The molecule has 0 aromatic carbocycles. The van der Waals surface area contributed by atoms with Crippen molar-refractivity contribution in [2.45, 2.75) is 111 Å². The summed E-state index contributed by atoms with van der Waals surface area (Å²) < 4.78 is 11.9. The molecule has 2 N–H and O–H groups in total. The van der Waals surface area contributed by atoms with Gasteiger partial charge in [0.2, 0.25) is 0 Å². The van der Waals surface area contributed by atoms with Crippen molar-refractivity contribution in [1.29, 1.82) is 0 Å². The Morgan fingerprint density at radius 1 is 1.23 bits per heavy atom. The van der Waals surface area contributed by atoms with Gasteiger partial charge >= 0.3 is 5.97 Å². The van der Waals surface area contributed by atoms with Crippen LogP contribution >= 0.6 is 11.3 Å². The number of hydrogen-bond acceptors (Lipinski definition) is 8. The average molecular weight is 508 g/mol. The Balaban J connectivity index is 1.85. The maximum Gasteiger partial charge on any atom is 0.309 e. The lowest BCUT2D eigenvalue weighted by molar-refractivity contribution is -0.154. The maximum atomic E-state index is 13.2. The summed E-state index contributed by atoms with van der Waals surface area (Å²) in [5.74, 6) is -1.55. The van der Waals surface area contributed by atoms with Crippen LogP contribution in [0.1, 0.15) is 84.3 Å². The molecule has 0 amide bonds. The third kappa shape index (κ3) is 6.59. The van der Waals surface area contributed by atoms with E-state index in [-0.39, 0.29) is 29.8 Å². The van der Waals surface area contributed by atoms with Crippen molar-refractivity contribution in [3.8, 4) is 0 Å². The topological polar surface area (TPSA) is 109 Å². The van der Waals surface area contributed by atoms with Crippen LogP contribution in [0.2, 0.25) is 0 Å². The zero-order valence-electron chi connectivity index (χ0n) is 22.0. The predicted octanol–water partition coefficient (Wildman–Crippen LogP) is 4.48. The van der Waals surface area contributed by atoms with E-state index in [1.165, 1.54) is 0 Å². The summed E-state index contributed by atoms with van der Waals surface area (Å²) in [6.07, 6.45) is 1.98. The van der Waals surface area contributed by atoms with Gasteiger partial charge in [-0.1, -0.05) is 34.1 Å². The lowest BCUT2D eigenvalue weighted by Crippen LogP contribution is -2.45. The number of aromatic nitrogens is 1. The minimum atomic E-state index is -1.23. The third-order valence-corrected chi connectivity index (χ3v) is 8.72. The van der Waals surface area contributed by atoms with Crippen LogP contribution in [-0.2, 0) is 19.1 Å². The SMILES string of the molecule is C/C(=C\c1csc(C)n1)[C@@H]1C[C@@H]2O[C@@]2(C)CCC[C@@H](C)[C@H](O)[C@H](C)C(=O)C(C)(C)[C@H](O)CC(=O)O1. The Morgan fingerprint density at radius 2 is 1.91 bits per heavy atom. The van der Waals surface area contributed by atoms with Gasteiger partial charge in [-0.05, 0) is 51.2 Å². The van der Waals surface area contributed by atoms with Crippen LogP contribution in [0, 0.1) is 24.2 Å². The number of cyclic esters (lactones) is 1. The minimum Gasteiger partial charge on any atom is -0.458 e. The highest BCUT2D eigenvalue weighted by Crippen LogP contribution is 2.45. The number of fused-ring (bicyclic) bond motifs is 1. The van der Waals surface area contributed by atoms with Gasteiger partial charge in [0.1, 0.15) is 11.9 Å². The van der Waals surface area contributed by atoms with Crippen molar-refractivity contribution in [3.63, 3.8) is 0 Å². The number of aliphatic hydroxyl groups is 2. The summed E-state index contributed by atoms with van der Waals surface area (Å²) >= 11 is 1.56.